The second kappa shape index (κ2) is 6.94. The Kier molecular flexibility index (Phi) is 4.25. The van der Waals surface area contributed by atoms with Gasteiger partial charge in [-0.05, 0) is 30.2 Å². The summed E-state index contributed by atoms with van der Waals surface area (Å²) in [5.41, 5.74) is 2.26. The summed E-state index contributed by atoms with van der Waals surface area (Å²) in [5, 5.41) is 15.3. The van der Waals surface area contributed by atoms with Gasteiger partial charge in [-0.2, -0.15) is 0 Å². The van der Waals surface area contributed by atoms with Gasteiger partial charge in [-0.25, -0.2) is 0 Å². The van der Waals surface area contributed by atoms with Crippen LogP contribution in [0.2, 0.25) is 0 Å². The fourth-order valence-corrected chi connectivity index (χ4v) is 4.23. The smallest absolute Gasteiger partial charge is 0.257 e. The van der Waals surface area contributed by atoms with Gasteiger partial charge in [0.2, 0.25) is 0 Å². The van der Waals surface area contributed by atoms with E-state index in [9.17, 15) is 9.90 Å². The van der Waals surface area contributed by atoms with E-state index in [0.29, 0.717) is 42.8 Å². The van der Waals surface area contributed by atoms with E-state index in [4.69, 9.17) is 4.74 Å². The highest BCUT2D eigenvalue weighted by Gasteiger charge is 2.49. The fraction of sp³-hybridized carbons (Fsp3) is 0.208. The van der Waals surface area contributed by atoms with Crippen LogP contribution in [0.4, 0.5) is 5.69 Å². The predicted octanol–water partition coefficient (Wildman–Crippen LogP) is 3.38. The Hall–Kier alpha value is -3.31. The Bertz CT molecular complexity index is 1070. The number of ether oxygens (including phenoxy) is 1. The molecule has 146 valence electrons. The van der Waals surface area contributed by atoms with E-state index in [2.05, 4.69) is 5.32 Å². The number of hydrogen-bond donors (Lipinski definition) is 2. The highest BCUT2D eigenvalue weighted by molar-refractivity contribution is 6.00. The van der Waals surface area contributed by atoms with Crippen LogP contribution in [0.25, 0.3) is 0 Å². The van der Waals surface area contributed by atoms with Gasteiger partial charge in [0.15, 0.2) is 5.72 Å². The molecule has 5 rings (SSSR count). The summed E-state index contributed by atoms with van der Waals surface area (Å²) in [7, 11) is 0. The van der Waals surface area contributed by atoms with Gasteiger partial charge in [0.25, 0.3) is 5.91 Å². The predicted molar refractivity (Wildman–Crippen MR) is 111 cm³/mol. The molecule has 0 aromatic heterocycles. The molecule has 0 spiro atoms. The number of hydrogen-bond acceptors (Lipinski definition) is 4. The molecule has 3 aromatic carbocycles. The quantitative estimate of drug-likeness (QED) is 0.722. The largest absolute Gasteiger partial charge is 0.490 e. The molecule has 0 saturated carbocycles. The topological polar surface area (TPSA) is 61.8 Å². The minimum atomic E-state index is -1.52. The van der Waals surface area contributed by atoms with Crippen molar-refractivity contribution in [3.63, 3.8) is 0 Å². The molecule has 0 saturated heterocycles. The summed E-state index contributed by atoms with van der Waals surface area (Å²) >= 11 is 0. The summed E-state index contributed by atoms with van der Waals surface area (Å²) in [4.78, 5) is 14.8. The third kappa shape index (κ3) is 2.86. The molecule has 5 nitrogen and oxygen atoms in total. The first-order chi connectivity index (χ1) is 14.2. The lowest BCUT2D eigenvalue weighted by atomic mass is 9.93. The number of carbonyl (C=O) groups excluding carboxylic acids is 1. The normalized spacial score (nSPS) is 19.9. The fourth-order valence-electron chi connectivity index (χ4n) is 4.23. The van der Waals surface area contributed by atoms with Gasteiger partial charge >= 0.3 is 0 Å². The molecule has 2 heterocycles. The lowest BCUT2D eigenvalue weighted by molar-refractivity contribution is -0.0493. The highest BCUT2D eigenvalue weighted by atomic mass is 16.5. The molecule has 2 aliphatic rings. The number of amides is 1. The van der Waals surface area contributed by atoms with Crippen LogP contribution in [-0.4, -0.2) is 35.6 Å². The molecular weight excluding hydrogens is 364 g/mol. The van der Waals surface area contributed by atoms with Gasteiger partial charge in [0.1, 0.15) is 12.4 Å². The molecule has 29 heavy (non-hydrogen) atoms. The first kappa shape index (κ1) is 17.8. The Morgan fingerprint density at radius 1 is 1.03 bits per heavy atom. The average molecular weight is 386 g/mol. The van der Waals surface area contributed by atoms with Gasteiger partial charge in [0.05, 0.1) is 5.69 Å². The number of carbonyl (C=O) groups is 1. The molecule has 2 N–H and O–H groups in total. The molecule has 0 bridgehead atoms. The number of nitrogens with zero attached hydrogens (tertiary/aromatic N) is 1. The van der Waals surface area contributed by atoms with Crippen molar-refractivity contribution in [2.45, 2.75) is 12.1 Å². The monoisotopic (exact) mass is 386 g/mol. The van der Waals surface area contributed by atoms with Gasteiger partial charge in [-0.3, -0.25) is 4.79 Å². The molecule has 1 atom stereocenters. The number of fused-ring (bicyclic) bond motifs is 2. The Morgan fingerprint density at radius 2 is 1.83 bits per heavy atom. The molecule has 1 amide bonds. The van der Waals surface area contributed by atoms with Crippen molar-refractivity contribution in [1.82, 2.24) is 4.90 Å². The van der Waals surface area contributed by atoms with E-state index in [-0.39, 0.29) is 5.91 Å². The summed E-state index contributed by atoms with van der Waals surface area (Å²) in [6.45, 7) is 1.73. The zero-order chi connectivity index (χ0) is 19.8. The summed E-state index contributed by atoms with van der Waals surface area (Å²) < 4.78 is 5.67. The minimum absolute atomic E-state index is 0.152. The summed E-state index contributed by atoms with van der Waals surface area (Å²) in [6.07, 6.45) is 0.662. The molecule has 0 fully saturated rings. The zero-order valence-electron chi connectivity index (χ0n) is 16.0. The van der Waals surface area contributed by atoms with E-state index >= 15 is 0 Å². The van der Waals surface area contributed by atoms with Crippen LogP contribution in [0.15, 0.2) is 72.8 Å². The molecule has 5 heteroatoms. The van der Waals surface area contributed by atoms with E-state index in [1.165, 1.54) is 0 Å². The van der Waals surface area contributed by atoms with Crippen LogP contribution in [0, 0.1) is 0 Å². The van der Waals surface area contributed by atoms with Gasteiger partial charge < -0.3 is 20.1 Å². The van der Waals surface area contributed by atoms with Crippen LogP contribution in [-0.2, 0) is 12.1 Å². The molecular formula is C24H22N2O3. The van der Waals surface area contributed by atoms with Crippen molar-refractivity contribution in [2.24, 2.45) is 0 Å². The maximum atomic E-state index is 13.2. The second-order valence-electron chi connectivity index (χ2n) is 7.40. The van der Waals surface area contributed by atoms with E-state index < -0.39 is 5.72 Å². The number of anilines is 1. The Morgan fingerprint density at radius 3 is 2.69 bits per heavy atom. The van der Waals surface area contributed by atoms with E-state index in [1.54, 1.807) is 11.0 Å². The maximum absolute atomic E-state index is 13.2. The first-order valence-electron chi connectivity index (χ1n) is 9.87. The van der Waals surface area contributed by atoms with Crippen LogP contribution >= 0.6 is 0 Å². The van der Waals surface area contributed by atoms with E-state index in [1.807, 2.05) is 66.7 Å². The zero-order valence-corrected chi connectivity index (χ0v) is 16.0. The SMILES string of the molecule is O=C1c2ccccc2C(O)(c2ccc3c(c2)NCCO3)N1CCc1ccccc1. The van der Waals surface area contributed by atoms with Crippen molar-refractivity contribution in [3.05, 3.63) is 95.1 Å². The van der Waals surface area contributed by atoms with E-state index in [0.717, 1.165) is 17.0 Å². The number of benzene rings is 3. The summed E-state index contributed by atoms with van der Waals surface area (Å²) in [5.74, 6) is 0.609. The standard InChI is InChI=1S/C24H22N2O3/c27-23-19-8-4-5-9-20(19)24(28,26(23)14-12-17-6-2-1-3-7-17)18-10-11-22-21(16-18)25-13-15-29-22/h1-11,16,25,28H,12-15H2. The van der Waals surface area contributed by atoms with Crippen LogP contribution in [0.1, 0.15) is 27.0 Å². The van der Waals surface area contributed by atoms with Gasteiger partial charge in [-0.15, -0.1) is 0 Å². The maximum Gasteiger partial charge on any atom is 0.257 e. The Labute approximate surface area is 169 Å². The van der Waals surface area contributed by atoms with Crippen LogP contribution in [0.5, 0.6) is 5.75 Å². The van der Waals surface area contributed by atoms with Gasteiger partial charge in [0, 0.05) is 29.8 Å². The Balaban J connectivity index is 1.57. The second-order valence-corrected chi connectivity index (χ2v) is 7.40. The number of nitrogens with one attached hydrogen (secondary N) is 1. The summed E-state index contributed by atoms with van der Waals surface area (Å²) in [6, 6.07) is 22.9. The van der Waals surface area contributed by atoms with Crippen LogP contribution in [0.3, 0.4) is 0 Å². The van der Waals surface area contributed by atoms with Crippen molar-refractivity contribution in [1.29, 1.82) is 0 Å². The number of aliphatic hydroxyl groups is 1. The average Bonchev–Trinajstić information content (AvgIpc) is 3.00. The molecule has 2 aliphatic heterocycles. The molecule has 1 unspecified atom stereocenters. The first-order valence-corrected chi connectivity index (χ1v) is 9.87. The van der Waals surface area contributed by atoms with Gasteiger partial charge in [-0.1, -0.05) is 54.6 Å². The number of rotatable bonds is 4. The lowest BCUT2D eigenvalue weighted by Crippen LogP contribution is -2.45. The highest BCUT2D eigenvalue weighted by Crippen LogP contribution is 2.44. The third-order valence-electron chi connectivity index (χ3n) is 5.69. The van der Waals surface area contributed by atoms with Crippen molar-refractivity contribution in [3.8, 4) is 5.75 Å². The van der Waals surface area contributed by atoms with Crippen molar-refractivity contribution >= 4 is 11.6 Å². The third-order valence-corrected chi connectivity index (χ3v) is 5.69. The minimum Gasteiger partial charge on any atom is -0.490 e. The molecule has 0 radical (unpaired) electrons. The van der Waals surface area contributed by atoms with Crippen LogP contribution < -0.4 is 10.1 Å². The molecule has 0 aliphatic carbocycles. The van der Waals surface area contributed by atoms with Crippen molar-refractivity contribution < 1.29 is 14.6 Å². The molecule has 3 aromatic rings. The van der Waals surface area contributed by atoms with Crippen molar-refractivity contribution in [2.75, 3.05) is 25.0 Å². The lowest BCUT2D eigenvalue weighted by Gasteiger charge is -2.35.